The lowest BCUT2D eigenvalue weighted by atomic mass is 10.1. The van der Waals surface area contributed by atoms with Crippen LogP contribution in [0.3, 0.4) is 0 Å². The van der Waals surface area contributed by atoms with E-state index >= 15 is 0 Å². The minimum atomic E-state index is -4.18. The Bertz CT molecular complexity index is 871. The molecule has 0 aliphatic heterocycles. The molecule has 24 heavy (non-hydrogen) atoms. The number of nitrogens with one attached hydrogen (secondary N) is 1. The molecule has 0 spiro atoms. The molecule has 0 amide bonds. The number of alkyl halides is 3. The Hall–Kier alpha value is -2.02. The molecule has 0 atom stereocenters. The third-order valence-corrected chi connectivity index (χ3v) is 4.04. The molecular formula is C17H15BrF3N3. The van der Waals surface area contributed by atoms with Crippen LogP contribution in [0.15, 0.2) is 47.2 Å². The highest BCUT2D eigenvalue weighted by atomic mass is 79.9. The van der Waals surface area contributed by atoms with Gasteiger partial charge in [0.1, 0.15) is 0 Å². The van der Waals surface area contributed by atoms with E-state index in [1.807, 2.05) is 41.8 Å². The minimum Gasteiger partial charge on any atom is -0.382 e. The van der Waals surface area contributed by atoms with Gasteiger partial charge in [-0.2, -0.15) is 13.2 Å². The topological polar surface area (TPSA) is 29.3 Å². The second-order valence-corrected chi connectivity index (χ2v) is 6.49. The van der Waals surface area contributed by atoms with Crippen LogP contribution in [0.5, 0.6) is 0 Å². The van der Waals surface area contributed by atoms with Gasteiger partial charge in [-0.3, -0.25) is 4.40 Å². The van der Waals surface area contributed by atoms with E-state index in [4.69, 9.17) is 0 Å². The molecule has 2 heterocycles. The predicted molar refractivity (Wildman–Crippen MR) is 92.2 cm³/mol. The largest absolute Gasteiger partial charge is 0.390 e. The fraction of sp³-hybridized carbons (Fsp3) is 0.235. The predicted octanol–water partition coefficient (Wildman–Crippen LogP) is 5.44. The normalized spacial score (nSPS) is 11.9. The van der Waals surface area contributed by atoms with Gasteiger partial charge in [0, 0.05) is 22.8 Å². The fourth-order valence-corrected chi connectivity index (χ4v) is 2.97. The molecule has 3 rings (SSSR count). The number of fused-ring (bicyclic) bond motifs is 1. The van der Waals surface area contributed by atoms with E-state index < -0.39 is 12.6 Å². The molecule has 7 heteroatoms. The van der Waals surface area contributed by atoms with E-state index in [9.17, 15) is 13.2 Å². The number of pyridine rings is 1. The number of imidazole rings is 1. The molecule has 0 bridgehead atoms. The number of hydrogen-bond acceptors (Lipinski definition) is 2. The van der Waals surface area contributed by atoms with Crippen molar-refractivity contribution in [2.75, 3.05) is 11.9 Å². The third kappa shape index (κ3) is 3.72. The zero-order valence-electron chi connectivity index (χ0n) is 12.9. The monoisotopic (exact) mass is 397 g/mol. The molecule has 0 radical (unpaired) electrons. The van der Waals surface area contributed by atoms with Gasteiger partial charge in [0.15, 0.2) is 5.65 Å². The number of aryl methyl sites for hydroxylation is 1. The molecule has 0 aliphatic carbocycles. The van der Waals surface area contributed by atoms with Crippen molar-refractivity contribution >= 4 is 27.3 Å². The van der Waals surface area contributed by atoms with Crippen LogP contribution in [0.1, 0.15) is 12.0 Å². The molecule has 0 fully saturated rings. The van der Waals surface area contributed by atoms with Crippen molar-refractivity contribution in [2.24, 2.45) is 0 Å². The van der Waals surface area contributed by atoms with Crippen LogP contribution >= 0.6 is 15.9 Å². The summed E-state index contributed by atoms with van der Waals surface area (Å²) in [6, 6.07) is 9.73. The molecule has 1 N–H and O–H groups in total. The van der Waals surface area contributed by atoms with E-state index in [1.165, 1.54) is 0 Å². The Labute approximate surface area is 145 Å². The van der Waals surface area contributed by atoms with Crippen LogP contribution in [-0.4, -0.2) is 22.1 Å². The molecule has 0 saturated heterocycles. The maximum Gasteiger partial charge on any atom is 0.390 e. The first kappa shape index (κ1) is 16.8. The summed E-state index contributed by atoms with van der Waals surface area (Å²) in [5.41, 5.74) is 4.17. The van der Waals surface area contributed by atoms with Gasteiger partial charge < -0.3 is 5.32 Å². The van der Waals surface area contributed by atoms with Crippen molar-refractivity contribution in [2.45, 2.75) is 19.5 Å². The molecule has 0 saturated carbocycles. The lowest BCUT2D eigenvalue weighted by molar-refractivity contribution is -0.131. The minimum absolute atomic E-state index is 0.192. The molecule has 2 aromatic heterocycles. The first-order valence-electron chi connectivity index (χ1n) is 7.38. The third-order valence-electron chi connectivity index (χ3n) is 3.61. The summed E-state index contributed by atoms with van der Waals surface area (Å²) in [6.45, 7) is 1.81. The standard InChI is InChI=1S/C17H15BrF3N3/c1-11-3-2-4-12(7-11)15-9-23-16-14(8-13(18)10-24(15)16)22-6-5-17(19,20)21/h2-4,7-10,22H,5-6H2,1H3. The first-order valence-corrected chi connectivity index (χ1v) is 8.17. The van der Waals surface area contributed by atoms with Crippen LogP contribution in [0.25, 0.3) is 16.9 Å². The summed E-state index contributed by atoms with van der Waals surface area (Å²) in [7, 11) is 0. The van der Waals surface area contributed by atoms with E-state index in [0.717, 1.165) is 21.3 Å². The van der Waals surface area contributed by atoms with Crippen molar-refractivity contribution in [1.82, 2.24) is 9.38 Å². The SMILES string of the molecule is Cc1cccc(-c2cnc3c(NCCC(F)(F)F)cc(Br)cn23)c1. The lowest BCUT2D eigenvalue weighted by Crippen LogP contribution is -2.15. The Morgan fingerprint density at radius 2 is 2.04 bits per heavy atom. The highest BCUT2D eigenvalue weighted by Gasteiger charge is 2.26. The fourth-order valence-electron chi connectivity index (χ4n) is 2.54. The van der Waals surface area contributed by atoms with Crippen LogP contribution in [0.4, 0.5) is 18.9 Å². The van der Waals surface area contributed by atoms with Crippen molar-refractivity contribution in [3.63, 3.8) is 0 Å². The molecule has 3 aromatic rings. The van der Waals surface area contributed by atoms with Crippen molar-refractivity contribution in [3.8, 4) is 11.3 Å². The van der Waals surface area contributed by atoms with Crippen LogP contribution in [-0.2, 0) is 0 Å². The van der Waals surface area contributed by atoms with Gasteiger partial charge in [-0.15, -0.1) is 0 Å². The molecule has 3 nitrogen and oxygen atoms in total. The van der Waals surface area contributed by atoms with E-state index in [-0.39, 0.29) is 6.54 Å². The Morgan fingerprint density at radius 1 is 1.25 bits per heavy atom. The number of aromatic nitrogens is 2. The summed E-state index contributed by atoms with van der Waals surface area (Å²) in [5.74, 6) is 0. The van der Waals surface area contributed by atoms with E-state index in [2.05, 4.69) is 26.2 Å². The average molecular weight is 398 g/mol. The van der Waals surface area contributed by atoms with Gasteiger partial charge in [-0.25, -0.2) is 4.98 Å². The quantitative estimate of drug-likeness (QED) is 0.635. The van der Waals surface area contributed by atoms with Gasteiger partial charge in [-0.05, 0) is 35.0 Å². The highest BCUT2D eigenvalue weighted by Crippen LogP contribution is 2.29. The second-order valence-electron chi connectivity index (χ2n) is 5.57. The number of rotatable bonds is 4. The zero-order chi connectivity index (χ0) is 17.3. The maximum absolute atomic E-state index is 12.3. The summed E-state index contributed by atoms with van der Waals surface area (Å²) >= 11 is 3.41. The summed E-state index contributed by atoms with van der Waals surface area (Å²) in [6.07, 6.45) is -1.49. The molecule has 0 aliphatic rings. The van der Waals surface area contributed by atoms with E-state index in [1.54, 1.807) is 12.3 Å². The Balaban J connectivity index is 1.98. The van der Waals surface area contributed by atoms with Gasteiger partial charge in [-0.1, -0.05) is 23.8 Å². The molecule has 1 aromatic carbocycles. The summed E-state index contributed by atoms with van der Waals surface area (Å²) < 4.78 is 39.7. The first-order chi connectivity index (χ1) is 11.3. The van der Waals surface area contributed by atoms with Gasteiger partial charge >= 0.3 is 6.18 Å². The number of hydrogen-bond donors (Lipinski definition) is 1. The number of nitrogens with zero attached hydrogens (tertiary/aromatic N) is 2. The van der Waals surface area contributed by atoms with Crippen molar-refractivity contribution in [1.29, 1.82) is 0 Å². The number of halogens is 4. The van der Waals surface area contributed by atoms with Gasteiger partial charge in [0.2, 0.25) is 0 Å². The second kappa shape index (κ2) is 6.47. The highest BCUT2D eigenvalue weighted by molar-refractivity contribution is 9.10. The summed E-state index contributed by atoms with van der Waals surface area (Å²) in [4.78, 5) is 4.38. The van der Waals surface area contributed by atoms with E-state index in [0.29, 0.717) is 11.3 Å². The van der Waals surface area contributed by atoms with Gasteiger partial charge in [0.25, 0.3) is 0 Å². The Morgan fingerprint density at radius 3 is 2.75 bits per heavy atom. The van der Waals surface area contributed by atoms with Crippen LogP contribution < -0.4 is 5.32 Å². The zero-order valence-corrected chi connectivity index (χ0v) is 14.4. The molecule has 0 unspecified atom stereocenters. The Kier molecular flexibility index (Phi) is 4.54. The van der Waals surface area contributed by atoms with Crippen LogP contribution in [0, 0.1) is 6.92 Å². The van der Waals surface area contributed by atoms with Gasteiger partial charge in [0.05, 0.1) is 24.0 Å². The molecule has 126 valence electrons. The van der Waals surface area contributed by atoms with Crippen molar-refractivity contribution < 1.29 is 13.2 Å². The summed E-state index contributed by atoms with van der Waals surface area (Å²) in [5, 5.41) is 2.83. The average Bonchev–Trinajstić information content (AvgIpc) is 2.89. The molecular weight excluding hydrogens is 383 g/mol. The van der Waals surface area contributed by atoms with Crippen molar-refractivity contribution in [3.05, 3.63) is 52.8 Å². The number of anilines is 1. The smallest absolute Gasteiger partial charge is 0.382 e. The maximum atomic E-state index is 12.3. The lowest BCUT2D eigenvalue weighted by Gasteiger charge is -2.11. The van der Waals surface area contributed by atoms with Crippen LogP contribution in [0.2, 0.25) is 0 Å². The number of benzene rings is 1.